The van der Waals surface area contributed by atoms with E-state index in [1.807, 2.05) is 0 Å². The number of hydrogen-bond acceptors (Lipinski definition) is 4. The summed E-state index contributed by atoms with van der Waals surface area (Å²) in [6, 6.07) is 0. The Labute approximate surface area is 118 Å². The molecule has 0 aromatic carbocycles. The van der Waals surface area contributed by atoms with Crippen LogP contribution in [0.1, 0.15) is 43.3 Å². The average Bonchev–Trinajstić information content (AvgIpc) is 2.58. The molecule has 3 heterocycles. The minimum Gasteiger partial charge on any atom is -0.316 e. The second-order valence-electron chi connectivity index (χ2n) is 6.37. The van der Waals surface area contributed by atoms with Crippen molar-refractivity contribution in [3.05, 3.63) is 22.5 Å². The van der Waals surface area contributed by atoms with Gasteiger partial charge >= 0.3 is 0 Å². The molecule has 0 bridgehead atoms. The normalized spacial score (nSPS) is 16.4. The van der Waals surface area contributed by atoms with Gasteiger partial charge in [0.25, 0.3) is 0 Å². The molecule has 3 nitrogen and oxygen atoms in total. The lowest BCUT2D eigenvalue weighted by molar-refractivity contribution is 0.562. The van der Waals surface area contributed by atoms with E-state index in [1.54, 1.807) is 11.5 Å². The van der Waals surface area contributed by atoms with E-state index in [0.29, 0.717) is 0 Å². The van der Waals surface area contributed by atoms with Gasteiger partial charge < -0.3 is 5.32 Å². The van der Waals surface area contributed by atoms with Crippen molar-refractivity contribution in [1.82, 2.24) is 14.7 Å². The summed E-state index contributed by atoms with van der Waals surface area (Å²) < 4.78 is 4.52. The molecule has 0 saturated carbocycles. The zero-order chi connectivity index (χ0) is 13.6. The molecule has 0 fully saturated rings. The molecule has 0 unspecified atom stereocenters. The molecular weight excluding hydrogens is 254 g/mol. The van der Waals surface area contributed by atoms with Gasteiger partial charge in [-0.25, -0.2) is 4.98 Å². The van der Waals surface area contributed by atoms with Gasteiger partial charge in [-0.3, -0.25) is 0 Å². The van der Waals surface area contributed by atoms with Crippen molar-refractivity contribution in [2.24, 2.45) is 0 Å². The second-order valence-corrected chi connectivity index (χ2v) is 7.12. The molecule has 1 aliphatic heterocycles. The number of nitrogens with zero attached hydrogens (tertiary/aromatic N) is 2. The summed E-state index contributed by atoms with van der Waals surface area (Å²) in [5, 5.41) is 4.82. The Morgan fingerprint density at radius 2 is 1.79 bits per heavy atom. The molecule has 0 amide bonds. The molecule has 1 aliphatic rings. The highest BCUT2D eigenvalue weighted by Crippen LogP contribution is 2.35. The predicted molar refractivity (Wildman–Crippen MR) is 81.1 cm³/mol. The highest BCUT2D eigenvalue weighted by Gasteiger charge is 2.26. The van der Waals surface area contributed by atoms with Crippen molar-refractivity contribution < 1.29 is 0 Å². The quantitative estimate of drug-likeness (QED) is 0.803. The van der Waals surface area contributed by atoms with Gasteiger partial charge in [0.15, 0.2) is 0 Å². The molecule has 0 saturated heterocycles. The third-order valence-corrected chi connectivity index (χ3v) is 4.66. The molecule has 2 aromatic heterocycles. The van der Waals surface area contributed by atoms with E-state index in [9.17, 15) is 0 Å². The fraction of sp³-hybridized carbons (Fsp3) is 0.600. The number of nitrogens with one attached hydrogen (secondary N) is 1. The lowest BCUT2D eigenvalue weighted by Crippen LogP contribution is -2.19. The number of aromatic nitrogens is 2. The molecule has 0 radical (unpaired) electrons. The Kier molecular flexibility index (Phi) is 3.10. The third-order valence-electron chi connectivity index (χ3n) is 3.82. The Morgan fingerprint density at radius 3 is 2.47 bits per heavy atom. The Balaban J connectivity index is 2.36. The molecular formula is C15H21N3S. The van der Waals surface area contributed by atoms with Gasteiger partial charge in [0.05, 0.1) is 11.4 Å². The molecule has 2 aromatic rings. The van der Waals surface area contributed by atoms with E-state index >= 15 is 0 Å². The maximum Gasteiger partial charge on any atom is 0.144 e. The highest BCUT2D eigenvalue weighted by molar-refractivity contribution is 7.13. The zero-order valence-electron chi connectivity index (χ0n) is 12.1. The first-order valence-electron chi connectivity index (χ1n) is 6.97. The van der Waals surface area contributed by atoms with Crippen LogP contribution in [0.4, 0.5) is 0 Å². The summed E-state index contributed by atoms with van der Waals surface area (Å²) in [7, 11) is 0. The summed E-state index contributed by atoms with van der Waals surface area (Å²) >= 11 is 1.54. The number of aryl methyl sites for hydroxylation is 1. The van der Waals surface area contributed by atoms with Crippen LogP contribution in [0.2, 0.25) is 0 Å². The number of hydrogen-bond donors (Lipinski definition) is 1. The van der Waals surface area contributed by atoms with E-state index in [1.165, 1.54) is 22.2 Å². The van der Waals surface area contributed by atoms with Gasteiger partial charge in [0.2, 0.25) is 0 Å². The molecule has 1 N–H and O–H groups in total. The van der Waals surface area contributed by atoms with Crippen LogP contribution in [0.25, 0.3) is 10.2 Å². The van der Waals surface area contributed by atoms with E-state index in [4.69, 9.17) is 4.98 Å². The first-order valence-corrected chi connectivity index (χ1v) is 7.75. The fourth-order valence-electron chi connectivity index (χ4n) is 2.96. The van der Waals surface area contributed by atoms with E-state index < -0.39 is 0 Å². The van der Waals surface area contributed by atoms with Crippen molar-refractivity contribution in [3.8, 4) is 0 Å². The standard InChI is InChI=1S/C15H21N3S/c1-9-12-10-5-7-16-8-6-11(10)13(15(2,3)4)17-14(12)19-18-9/h16H,5-8H2,1-4H3. The smallest absolute Gasteiger partial charge is 0.144 e. The van der Waals surface area contributed by atoms with Crippen LogP contribution >= 0.6 is 11.5 Å². The first kappa shape index (κ1) is 13.0. The van der Waals surface area contributed by atoms with Crippen molar-refractivity contribution in [2.45, 2.75) is 46.0 Å². The number of rotatable bonds is 0. The largest absolute Gasteiger partial charge is 0.316 e. The average molecular weight is 275 g/mol. The zero-order valence-corrected chi connectivity index (χ0v) is 12.9. The van der Waals surface area contributed by atoms with Gasteiger partial charge in [-0.2, -0.15) is 4.37 Å². The summed E-state index contributed by atoms with van der Waals surface area (Å²) in [5.74, 6) is 0. The van der Waals surface area contributed by atoms with Crippen molar-refractivity contribution in [1.29, 1.82) is 0 Å². The van der Waals surface area contributed by atoms with Crippen molar-refractivity contribution in [2.75, 3.05) is 13.1 Å². The Morgan fingerprint density at radius 1 is 1.11 bits per heavy atom. The molecule has 0 atom stereocenters. The van der Waals surface area contributed by atoms with Gasteiger partial charge in [0.1, 0.15) is 4.83 Å². The van der Waals surface area contributed by atoms with Crippen LogP contribution in [0.15, 0.2) is 0 Å². The van der Waals surface area contributed by atoms with Crippen molar-refractivity contribution >= 4 is 21.7 Å². The van der Waals surface area contributed by atoms with Crippen LogP contribution in [0.3, 0.4) is 0 Å². The molecule has 4 heteroatoms. The van der Waals surface area contributed by atoms with E-state index in [0.717, 1.165) is 36.5 Å². The van der Waals surface area contributed by atoms with Crippen LogP contribution in [-0.4, -0.2) is 22.4 Å². The van der Waals surface area contributed by atoms with E-state index in [2.05, 4.69) is 37.4 Å². The molecule has 19 heavy (non-hydrogen) atoms. The minimum absolute atomic E-state index is 0.0977. The molecule has 0 aliphatic carbocycles. The Hall–Kier alpha value is -1.00. The SMILES string of the molecule is Cc1nsc2nc(C(C)(C)C)c3c(c12)CCNCC3. The molecule has 102 valence electrons. The first-order chi connectivity index (χ1) is 8.98. The summed E-state index contributed by atoms with van der Waals surface area (Å²) in [6.07, 6.45) is 2.18. The van der Waals surface area contributed by atoms with Gasteiger partial charge in [-0.15, -0.1) is 0 Å². The third kappa shape index (κ3) is 2.17. The van der Waals surface area contributed by atoms with E-state index in [-0.39, 0.29) is 5.41 Å². The maximum absolute atomic E-state index is 4.95. The van der Waals surface area contributed by atoms with Crippen LogP contribution in [-0.2, 0) is 18.3 Å². The summed E-state index contributed by atoms with van der Waals surface area (Å²) in [4.78, 5) is 6.06. The maximum atomic E-state index is 4.95. The van der Waals surface area contributed by atoms with Gasteiger partial charge in [0, 0.05) is 10.8 Å². The molecule has 3 rings (SSSR count). The lowest BCUT2D eigenvalue weighted by Gasteiger charge is -2.23. The number of fused-ring (bicyclic) bond motifs is 3. The van der Waals surface area contributed by atoms with Crippen LogP contribution < -0.4 is 5.32 Å². The van der Waals surface area contributed by atoms with Crippen LogP contribution in [0.5, 0.6) is 0 Å². The fourth-order valence-corrected chi connectivity index (χ4v) is 3.77. The Bertz CT molecular complexity index is 622. The monoisotopic (exact) mass is 275 g/mol. The summed E-state index contributed by atoms with van der Waals surface area (Å²) in [6.45, 7) is 11.0. The minimum atomic E-state index is 0.0977. The van der Waals surface area contributed by atoms with Gasteiger partial charge in [-0.05, 0) is 55.5 Å². The topological polar surface area (TPSA) is 37.8 Å². The highest BCUT2D eigenvalue weighted by atomic mass is 32.1. The molecule has 0 spiro atoms. The predicted octanol–water partition coefficient (Wildman–Crippen LogP) is 2.99. The van der Waals surface area contributed by atoms with Gasteiger partial charge in [-0.1, -0.05) is 20.8 Å². The number of pyridine rings is 1. The van der Waals surface area contributed by atoms with Crippen LogP contribution in [0, 0.1) is 6.92 Å². The lowest BCUT2D eigenvalue weighted by atomic mass is 9.84. The second kappa shape index (κ2) is 4.53. The van der Waals surface area contributed by atoms with Crippen molar-refractivity contribution in [3.63, 3.8) is 0 Å². The summed E-state index contributed by atoms with van der Waals surface area (Å²) in [5.41, 5.74) is 5.47.